The van der Waals surface area contributed by atoms with E-state index in [2.05, 4.69) is 20.8 Å². The summed E-state index contributed by atoms with van der Waals surface area (Å²) in [5.41, 5.74) is -0.235. The lowest BCUT2D eigenvalue weighted by molar-refractivity contribution is -0.159. The van der Waals surface area contributed by atoms with Crippen LogP contribution in [0.25, 0.3) is 0 Å². The van der Waals surface area contributed by atoms with Crippen molar-refractivity contribution in [3.05, 3.63) is 0 Å². The second-order valence-electron chi connectivity index (χ2n) is 5.01. The molecule has 1 aliphatic rings. The van der Waals surface area contributed by atoms with Crippen molar-refractivity contribution in [2.24, 2.45) is 17.3 Å². The Morgan fingerprint density at radius 1 is 1.43 bits per heavy atom. The molecule has 2 unspecified atom stereocenters. The lowest BCUT2D eigenvalue weighted by Gasteiger charge is -2.41. The van der Waals surface area contributed by atoms with Crippen molar-refractivity contribution < 1.29 is 9.53 Å². The molecule has 2 heteroatoms. The van der Waals surface area contributed by atoms with E-state index >= 15 is 0 Å². The quantitative estimate of drug-likeness (QED) is 0.637. The SMILES string of the molecule is COC(=O)C1(C)CCCCC1C(C)C. The monoisotopic (exact) mass is 198 g/mol. The van der Waals surface area contributed by atoms with Crippen LogP contribution in [0.5, 0.6) is 0 Å². The third-order valence-electron chi connectivity index (χ3n) is 3.74. The van der Waals surface area contributed by atoms with Crippen LogP contribution in [-0.2, 0) is 9.53 Å². The van der Waals surface area contributed by atoms with Gasteiger partial charge in [-0.3, -0.25) is 4.79 Å². The number of rotatable bonds is 2. The molecule has 1 saturated carbocycles. The molecule has 2 atom stereocenters. The Hall–Kier alpha value is -0.530. The van der Waals surface area contributed by atoms with Crippen molar-refractivity contribution >= 4 is 5.97 Å². The van der Waals surface area contributed by atoms with Gasteiger partial charge in [-0.2, -0.15) is 0 Å². The Kier molecular flexibility index (Phi) is 3.57. The molecule has 0 radical (unpaired) electrons. The minimum atomic E-state index is -0.235. The smallest absolute Gasteiger partial charge is 0.311 e. The largest absolute Gasteiger partial charge is 0.469 e. The summed E-state index contributed by atoms with van der Waals surface area (Å²) in [4.78, 5) is 11.8. The zero-order chi connectivity index (χ0) is 10.8. The summed E-state index contributed by atoms with van der Waals surface area (Å²) in [6, 6.07) is 0. The highest BCUT2D eigenvalue weighted by atomic mass is 16.5. The van der Waals surface area contributed by atoms with Crippen molar-refractivity contribution in [3.8, 4) is 0 Å². The predicted molar refractivity (Wildman–Crippen MR) is 56.9 cm³/mol. The van der Waals surface area contributed by atoms with Crippen molar-refractivity contribution in [2.75, 3.05) is 7.11 Å². The van der Waals surface area contributed by atoms with Crippen molar-refractivity contribution in [1.82, 2.24) is 0 Å². The number of methoxy groups -OCH3 is 1. The lowest BCUT2D eigenvalue weighted by atomic mass is 9.63. The van der Waals surface area contributed by atoms with Gasteiger partial charge in [0.1, 0.15) is 0 Å². The molecule has 0 saturated heterocycles. The van der Waals surface area contributed by atoms with E-state index < -0.39 is 0 Å². The summed E-state index contributed by atoms with van der Waals surface area (Å²) in [6.07, 6.45) is 4.58. The first-order chi connectivity index (χ1) is 6.52. The second kappa shape index (κ2) is 4.33. The molecule has 0 amide bonds. The Morgan fingerprint density at radius 3 is 2.57 bits per heavy atom. The first-order valence-electron chi connectivity index (χ1n) is 5.61. The molecule has 2 nitrogen and oxygen atoms in total. The molecule has 1 fully saturated rings. The van der Waals surface area contributed by atoms with Crippen LogP contribution >= 0.6 is 0 Å². The number of hydrogen-bond acceptors (Lipinski definition) is 2. The molecule has 0 bridgehead atoms. The van der Waals surface area contributed by atoms with E-state index in [9.17, 15) is 4.79 Å². The maximum atomic E-state index is 11.8. The van der Waals surface area contributed by atoms with Crippen molar-refractivity contribution in [2.45, 2.75) is 46.5 Å². The third kappa shape index (κ3) is 1.94. The van der Waals surface area contributed by atoms with Crippen LogP contribution in [0.1, 0.15) is 46.5 Å². The summed E-state index contributed by atoms with van der Waals surface area (Å²) in [5.74, 6) is 1.04. The molecule has 0 aromatic carbocycles. The minimum absolute atomic E-state index is 0.0177. The second-order valence-corrected chi connectivity index (χ2v) is 5.01. The van der Waals surface area contributed by atoms with E-state index in [4.69, 9.17) is 4.74 Å². The molecule has 0 N–H and O–H groups in total. The molecule has 0 spiro atoms. The Labute approximate surface area is 87.0 Å². The van der Waals surface area contributed by atoms with Crippen LogP contribution in [0.2, 0.25) is 0 Å². The number of carbonyl (C=O) groups excluding carboxylic acids is 1. The summed E-state index contributed by atoms with van der Waals surface area (Å²) in [7, 11) is 1.50. The average molecular weight is 198 g/mol. The molecular formula is C12H22O2. The number of ether oxygens (including phenoxy) is 1. The molecule has 82 valence electrons. The van der Waals surface area contributed by atoms with Gasteiger partial charge in [0.25, 0.3) is 0 Å². The molecule has 1 aliphatic carbocycles. The van der Waals surface area contributed by atoms with Crippen LogP contribution in [-0.4, -0.2) is 13.1 Å². The predicted octanol–water partition coefficient (Wildman–Crippen LogP) is 3.01. The summed E-state index contributed by atoms with van der Waals surface area (Å²) < 4.78 is 4.93. The fraction of sp³-hybridized carbons (Fsp3) is 0.917. The van der Waals surface area contributed by atoms with Gasteiger partial charge in [0, 0.05) is 0 Å². The van der Waals surface area contributed by atoms with Gasteiger partial charge < -0.3 is 4.74 Å². The highest BCUT2D eigenvalue weighted by molar-refractivity contribution is 5.76. The minimum Gasteiger partial charge on any atom is -0.469 e. The highest BCUT2D eigenvalue weighted by Gasteiger charge is 2.44. The van der Waals surface area contributed by atoms with Gasteiger partial charge in [-0.25, -0.2) is 0 Å². The first-order valence-corrected chi connectivity index (χ1v) is 5.61. The average Bonchev–Trinajstić information content (AvgIpc) is 2.16. The van der Waals surface area contributed by atoms with Crippen LogP contribution in [0, 0.1) is 17.3 Å². The third-order valence-corrected chi connectivity index (χ3v) is 3.74. The van der Waals surface area contributed by atoms with Crippen LogP contribution in [0.3, 0.4) is 0 Å². The number of carbonyl (C=O) groups is 1. The number of hydrogen-bond donors (Lipinski definition) is 0. The van der Waals surface area contributed by atoms with E-state index in [0.29, 0.717) is 11.8 Å². The molecular weight excluding hydrogens is 176 g/mol. The van der Waals surface area contributed by atoms with E-state index in [1.807, 2.05) is 0 Å². The van der Waals surface area contributed by atoms with Crippen LogP contribution in [0.15, 0.2) is 0 Å². The summed E-state index contributed by atoms with van der Waals surface area (Å²) >= 11 is 0. The maximum absolute atomic E-state index is 11.8. The summed E-state index contributed by atoms with van der Waals surface area (Å²) in [6.45, 7) is 6.48. The molecule has 0 aromatic rings. The molecule has 0 aromatic heterocycles. The van der Waals surface area contributed by atoms with Crippen LogP contribution in [0.4, 0.5) is 0 Å². The van der Waals surface area contributed by atoms with Gasteiger partial charge in [0.2, 0.25) is 0 Å². The fourth-order valence-electron chi connectivity index (χ4n) is 2.92. The Balaban J connectivity index is 2.84. The van der Waals surface area contributed by atoms with Gasteiger partial charge in [-0.15, -0.1) is 0 Å². The summed E-state index contributed by atoms with van der Waals surface area (Å²) in [5, 5.41) is 0. The molecule has 0 heterocycles. The van der Waals surface area contributed by atoms with E-state index in [-0.39, 0.29) is 11.4 Å². The lowest BCUT2D eigenvalue weighted by Crippen LogP contribution is -2.41. The standard InChI is InChI=1S/C12H22O2/c1-9(2)10-7-5-6-8-12(10,3)11(13)14-4/h9-10H,5-8H2,1-4H3. The van der Waals surface area contributed by atoms with Gasteiger partial charge in [0.15, 0.2) is 0 Å². The topological polar surface area (TPSA) is 26.3 Å². The van der Waals surface area contributed by atoms with E-state index in [1.54, 1.807) is 0 Å². The zero-order valence-corrected chi connectivity index (χ0v) is 9.80. The van der Waals surface area contributed by atoms with E-state index in [0.717, 1.165) is 12.8 Å². The van der Waals surface area contributed by atoms with Gasteiger partial charge >= 0.3 is 5.97 Å². The Morgan fingerprint density at radius 2 is 2.07 bits per heavy atom. The van der Waals surface area contributed by atoms with Crippen molar-refractivity contribution in [1.29, 1.82) is 0 Å². The number of esters is 1. The van der Waals surface area contributed by atoms with E-state index in [1.165, 1.54) is 20.0 Å². The van der Waals surface area contributed by atoms with Crippen LogP contribution < -0.4 is 0 Å². The zero-order valence-electron chi connectivity index (χ0n) is 9.80. The first kappa shape index (κ1) is 11.5. The maximum Gasteiger partial charge on any atom is 0.311 e. The van der Waals surface area contributed by atoms with Gasteiger partial charge in [-0.05, 0) is 31.6 Å². The molecule has 1 rings (SSSR count). The normalized spacial score (nSPS) is 33.1. The fourth-order valence-corrected chi connectivity index (χ4v) is 2.92. The van der Waals surface area contributed by atoms with Gasteiger partial charge in [-0.1, -0.05) is 26.7 Å². The highest BCUT2D eigenvalue weighted by Crippen LogP contribution is 2.45. The molecule has 14 heavy (non-hydrogen) atoms. The molecule has 0 aliphatic heterocycles. The van der Waals surface area contributed by atoms with Crippen molar-refractivity contribution in [3.63, 3.8) is 0 Å². The van der Waals surface area contributed by atoms with Gasteiger partial charge in [0.05, 0.1) is 12.5 Å². The Bertz CT molecular complexity index is 210.